The highest BCUT2D eigenvalue weighted by atomic mass is 19.1. The molecule has 1 N–H and O–H groups in total. The molecule has 1 unspecified atom stereocenters. The van der Waals surface area contributed by atoms with Crippen LogP contribution in [0.15, 0.2) is 24.3 Å². The van der Waals surface area contributed by atoms with Gasteiger partial charge in [0, 0.05) is 19.6 Å². The van der Waals surface area contributed by atoms with Crippen LogP contribution in [0.3, 0.4) is 0 Å². The highest BCUT2D eigenvalue weighted by Gasteiger charge is 2.18. The van der Waals surface area contributed by atoms with Crippen LogP contribution in [0.4, 0.5) is 4.39 Å². The number of rotatable bonds is 4. The normalized spacial score (nSPS) is 18.9. The van der Waals surface area contributed by atoms with Crippen LogP contribution in [-0.4, -0.2) is 37.0 Å². The van der Waals surface area contributed by atoms with Crippen LogP contribution in [0.1, 0.15) is 18.4 Å². The summed E-state index contributed by atoms with van der Waals surface area (Å²) in [5.74, 6) is -0.190. The van der Waals surface area contributed by atoms with E-state index in [9.17, 15) is 9.18 Å². The molecule has 2 rings (SSSR count). The van der Waals surface area contributed by atoms with E-state index in [2.05, 4.69) is 5.32 Å². The summed E-state index contributed by atoms with van der Waals surface area (Å²) in [5, 5.41) is 3.37. The van der Waals surface area contributed by atoms with E-state index < -0.39 is 0 Å². The lowest BCUT2D eigenvalue weighted by Crippen LogP contribution is -2.39. The average molecular weight is 250 g/mol. The maximum absolute atomic E-state index is 12.7. The van der Waals surface area contributed by atoms with Gasteiger partial charge in [0.2, 0.25) is 5.91 Å². The van der Waals surface area contributed by atoms with E-state index in [1.54, 1.807) is 17.0 Å². The minimum Gasteiger partial charge on any atom is -0.344 e. The van der Waals surface area contributed by atoms with Crippen molar-refractivity contribution in [1.29, 1.82) is 0 Å². The Morgan fingerprint density at radius 1 is 1.44 bits per heavy atom. The molecule has 1 aliphatic heterocycles. The Balaban J connectivity index is 1.84. The molecule has 1 aromatic rings. The molecule has 1 saturated heterocycles. The predicted octanol–water partition coefficient (Wildman–Crippen LogP) is 1.58. The van der Waals surface area contributed by atoms with Gasteiger partial charge in [0.25, 0.3) is 0 Å². The lowest BCUT2D eigenvalue weighted by molar-refractivity contribution is -0.129. The van der Waals surface area contributed by atoms with Gasteiger partial charge < -0.3 is 10.2 Å². The van der Waals surface area contributed by atoms with Gasteiger partial charge in [0.05, 0.1) is 6.42 Å². The standard InChI is InChI=1S/C14H19FN2O/c1-17(10-13-3-2-8-16-13)14(18)9-11-4-6-12(15)7-5-11/h4-7,13,16H,2-3,8-10H2,1H3. The molecule has 1 atom stereocenters. The molecule has 0 aliphatic carbocycles. The second-order valence-electron chi connectivity index (χ2n) is 4.87. The number of carbonyl (C=O) groups excluding carboxylic acids is 1. The Hall–Kier alpha value is -1.42. The van der Waals surface area contributed by atoms with Crippen molar-refractivity contribution in [3.05, 3.63) is 35.6 Å². The van der Waals surface area contributed by atoms with Gasteiger partial charge in [-0.1, -0.05) is 12.1 Å². The number of likely N-dealkylation sites (N-methyl/N-ethyl adjacent to an activating group) is 1. The number of amides is 1. The summed E-state index contributed by atoms with van der Waals surface area (Å²) in [6.07, 6.45) is 2.66. The van der Waals surface area contributed by atoms with Gasteiger partial charge in [-0.15, -0.1) is 0 Å². The summed E-state index contributed by atoms with van der Waals surface area (Å²) in [5.41, 5.74) is 0.854. The smallest absolute Gasteiger partial charge is 0.226 e. The van der Waals surface area contributed by atoms with Crippen LogP contribution in [0.25, 0.3) is 0 Å². The lowest BCUT2D eigenvalue weighted by atomic mass is 10.1. The van der Waals surface area contributed by atoms with Gasteiger partial charge in [-0.2, -0.15) is 0 Å². The number of benzene rings is 1. The molecular formula is C14H19FN2O. The van der Waals surface area contributed by atoms with Gasteiger partial charge in [0.1, 0.15) is 5.82 Å². The molecule has 0 spiro atoms. The number of halogens is 1. The van der Waals surface area contributed by atoms with Crippen LogP contribution in [0, 0.1) is 5.82 Å². The number of nitrogens with one attached hydrogen (secondary N) is 1. The van der Waals surface area contributed by atoms with Crippen LogP contribution >= 0.6 is 0 Å². The minimum absolute atomic E-state index is 0.0790. The van der Waals surface area contributed by atoms with Crippen LogP contribution in [0.2, 0.25) is 0 Å². The maximum Gasteiger partial charge on any atom is 0.226 e. The van der Waals surface area contributed by atoms with Gasteiger partial charge in [-0.05, 0) is 37.1 Å². The SMILES string of the molecule is CN(CC1CCCN1)C(=O)Cc1ccc(F)cc1. The molecule has 1 aromatic carbocycles. The zero-order valence-corrected chi connectivity index (χ0v) is 10.7. The van der Waals surface area contributed by atoms with E-state index >= 15 is 0 Å². The predicted molar refractivity (Wildman–Crippen MR) is 68.8 cm³/mol. The average Bonchev–Trinajstić information content (AvgIpc) is 2.85. The molecule has 1 aliphatic rings. The van der Waals surface area contributed by atoms with E-state index in [0.717, 1.165) is 25.1 Å². The third-order valence-corrected chi connectivity index (χ3v) is 3.35. The monoisotopic (exact) mass is 250 g/mol. The van der Waals surface area contributed by atoms with Crippen molar-refractivity contribution in [3.8, 4) is 0 Å². The summed E-state index contributed by atoms with van der Waals surface area (Å²) < 4.78 is 12.7. The van der Waals surface area contributed by atoms with Crippen molar-refractivity contribution in [2.24, 2.45) is 0 Å². The summed E-state index contributed by atoms with van der Waals surface area (Å²) >= 11 is 0. The molecular weight excluding hydrogens is 231 g/mol. The van der Waals surface area contributed by atoms with Crippen molar-refractivity contribution in [2.45, 2.75) is 25.3 Å². The fourth-order valence-electron chi connectivity index (χ4n) is 2.26. The summed E-state index contributed by atoms with van der Waals surface area (Å²) in [4.78, 5) is 13.7. The van der Waals surface area contributed by atoms with E-state index in [4.69, 9.17) is 0 Å². The first kappa shape index (κ1) is 13.0. The molecule has 4 heteroatoms. The second kappa shape index (κ2) is 5.96. The molecule has 0 radical (unpaired) electrons. The zero-order valence-electron chi connectivity index (χ0n) is 10.7. The fraction of sp³-hybridized carbons (Fsp3) is 0.500. The van der Waals surface area contributed by atoms with Crippen molar-refractivity contribution in [2.75, 3.05) is 20.1 Å². The van der Waals surface area contributed by atoms with E-state index in [1.807, 2.05) is 7.05 Å². The largest absolute Gasteiger partial charge is 0.344 e. The minimum atomic E-state index is -0.269. The third kappa shape index (κ3) is 3.53. The van der Waals surface area contributed by atoms with Crippen molar-refractivity contribution in [1.82, 2.24) is 10.2 Å². The summed E-state index contributed by atoms with van der Waals surface area (Å²) in [6, 6.07) is 6.53. The molecule has 1 amide bonds. The van der Waals surface area contributed by atoms with Crippen molar-refractivity contribution < 1.29 is 9.18 Å². The molecule has 98 valence electrons. The molecule has 3 nitrogen and oxygen atoms in total. The quantitative estimate of drug-likeness (QED) is 0.880. The Morgan fingerprint density at radius 2 is 2.17 bits per heavy atom. The van der Waals surface area contributed by atoms with Crippen molar-refractivity contribution >= 4 is 5.91 Å². The van der Waals surface area contributed by atoms with Gasteiger partial charge in [-0.25, -0.2) is 4.39 Å². The molecule has 1 fully saturated rings. The second-order valence-corrected chi connectivity index (χ2v) is 4.87. The fourth-order valence-corrected chi connectivity index (χ4v) is 2.26. The van der Waals surface area contributed by atoms with Crippen LogP contribution in [-0.2, 0) is 11.2 Å². The summed E-state index contributed by atoms with van der Waals surface area (Å²) in [6.45, 7) is 1.80. The number of hydrogen-bond donors (Lipinski definition) is 1. The van der Waals surface area contributed by atoms with Gasteiger partial charge in [-0.3, -0.25) is 4.79 Å². The number of carbonyl (C=O) groups is 1. The zero-order chi connectivity index (χ0) is 13.0. The molecule has 0 bridgehead atoms. The first-order valence-electron chi connectivity index (χ1n) is 6.37. The van der Waals surface area contributed by atoms with Crippen LogP contribution in [0.5, 0.6) is 0 Å². The first-order valence-corrected chi connectivity index (χ1v) is 6.37. The third-order valence-electron chi connectivity index (χ3n) is 3.35. The number of hydrogen-bond acceptors (Lipinski definition) is 2. The molecule has 0 aromatic heterocycles. The van der Waals surface area contributed by atoms with E-state index in [-0.39, 0.29) is 11.7 Å². The molecule has 18 heavy (non-hydrogen) atoms. The highest BCUT2D eigenvalue weighted by molar-refractivity contribution is 5.78. The van der Waals surface area contributed by atoms with E-state index in [1.165, 1.54) is 18.6 Å². The highest BCUT2D eigenvalue weighted by Crippen LogP contribution is 2.08. The topological polar surface area (TPSA) is 32.3 Å². The van der Waals surface area contributed by atoms with Gasteiger partial charge in [0.15, 0.2) is 0 Å². The Morgan fingerprint density at radius 3 is 2.78 bits per heavy atom. The number of nitrogens with zero attached hydrogens (tertiary/aromatic N) is 1. The first-order chi connectivity index (χ1) is 8.65. The Bertz CT molecular complexity index is 399. The Labute approximate surface area is 107 Å². The van der Waals surface area contributed by atoms with E-state index in [0.29, 0.717) is 12.5 Å². The molecule has 0 saturated carbocycles. The van der Waals surface area contributed by atoms with Gasteiger partial charge >= 0.3 is 0 Å². The maximum atomic E-state index is 12.7. The molecule has 1 heterocycles. The van der Waals surface area contributed by atoms with Crippen LogP contribution < -0.4 is 5.32 Å². The Kier molecular flexibility index (Phi) is 4.31. The lowest BCUT2D eigenvalue weighted by Gasteiger charge is -2.21. The summed E-state index contributed by atoms with van der Waals surface area (Å²) in [7, 11) is 1.83. The van der Waals surface area contributed by atoms with Crippen molar-refractivity contribution in [3.63, 3.8) is 0 Å².